The molecule has 0 saturated heterocycles. The van der Waals surface area contributed by atoms with Crippen LogP contribution >= 0.6 is 23.4 Å². The predicted molar refractivity (Wildman–Crippen MR) is 82.3 cm³/mol. The molecule has 1 N–H and O–H groups in total. The van der Waals surface area contributed by atoms with Gasteiger partial charge in [0.25, 0.3) is 0 Å². The highest BCUT2D eigenvalue weighted by Crippen LogP contribution is 2.44. The zero-order valence-electron chi connectivity index (χ0n) is 11.5. The van der Waals surface area contributed by atoms with Crippen molar-refractivity contribution >= 4 is 35.1 Å². The minimum atomic E-state index is -0.444. The molecule has 4 nitrogen and oxygen atoms in total. The quantitative estimate of drug-likeness (QED) is 0.875. The van der Waals surface area contributed by atoms with Crippen LogP contribution in [0.3, 0.4) is 0 Å². The number of hydrogen-bond acceptors (Lipinski definition) is 3. The number of amides is 1. The first-order valence-electron chi connectivity index (χ1n) is 6.38. The van der Waals surface area contributed by atoms with Crippen LogP contribution in [0.25, 0.3) is 0 Å². The van der Waals surface area contributed by atoms with Gasteiger partial charge >= 0.3 is 0 Å². The number of aromatic nitrogens is 2. The molecule has 1 amide bonds. The van der Waals surface area contributed by atoms with Gasteiger partial charge in [0.1, 0.15) is 11.6 Å². The highest BCUT2D eigenvalue weighted by atomic mass is 35.5. The molecule has 1 atom stereocenters. The summed E-state index contributed by atoms with van der Waals surface area (Å²) in [6.45, 7) is 1.85. The number of nitrogens with zero attached hydrogens (tertiary/aromatic N) is 2. The normalized spacial score (nSPS) is 18.1. The largest absolute Gasteiger partial charge is 0.310 e. The van der Waals surface area contributed by atoms with Crippen molar-refractivity contribution in [2.75, 3.05) is 11.1 Å². The molecule has 2 aromatic rings. The third-order valence-corrected chi connectivity index (χ3v) is 4.98. The highest BCUT2D eigenvalue weighted by Gasteiger charge is 2.31. The maximum absolute atomic E-state index is 14.4. The topological polar surface area (TPSA) is 46.9 Å². The first-order valence-corrected chi connectivity index (χ1v) is 7.80. The summed E-state index contributed by atoms with van der Waals surface area (Å²) >= 11 is 7.26. The van der Waals surface area contributed by atoms with Gasteiger partial charge in [0, 0.05) is 18.2 Å². The number of rotatable bonds is 1. The lowest BCUT2D eigenvalue weighted by Gasteiger charge is -2.16. The number of nitrogens with one attached hydrogen (secondary N) is 1. The Balaban J connectivity index is 2.20. The van der Waals surface area contributed by atoms with Gasteiger partial charge in [-0.25, -0.2) is 4.39 Å². The van der Waals surface area contributed by atoms with E-state index < -0.39 is 5.82 Å². The fourth-order valence-corrected chi connectivity index (χ4v) is 3.90. The molecular formula is C14H13ClFN3OS. The number of aryl methyl sites for hydroxylation is 2. The molecule has 21 heavy (non-hydrogen) atoms. The summed E-state index contributed by atoms with van der Waals surface area (Å²) < 4.78 is 16.0. The van der Waals surface area contributed by atoms with Crippen LogP contribution in [0.2, 0.25) is 5.02 Å². The maximum Gasteiger partial charge on any atom is 0.235 e. The first kappa shape index (κ1) is 14.4. The Labute approximate surface area is 130 Å². The van der Waals surface area contributed by atoms with Gasteiger partial charge in [0.05, 0.1) is 21.7 Å². The molecule has 1 aromatic carbocycles. The van der Waals surface area contributed by atoms with Crippen LogP contribution in [0.5, 0.6) is 0 Å². The van der Waals surface area contributed by atoms with E-state index in [1.807, 2.05) is 6.92 Å². The Morgan fingerprint density at radius 2 is 2.29 bits per heavy atom. The van der Waals surface area contributed by atoms with E-state index in [1.54, 1.807) is 23.9 Å². The molecular weight excluding hydrogens is 313 g/mol. The minimum Gasteiger partial charge on any atom is -0.310 e. The van der Waals surface area contributed by atoms with E-state index in [-0.39, 0.29) is 21.9 Å². The standard InChI is InChI=1S/C14H13ClFN3OS/c1-7-11-13(8-4-3-5-9(15)12(8)16)21-6-10(20)17-14(11)19(2)18-7/h3-5,13H,6H2,1-2H3,(H,17,20). The van der Waals surface area contributed by atoms with Crippen LogP contribution in [0.15, 0.2) is 18.2 Å². The molecule has 1 aliphatic heterocycles. The zero-order valence-corrected chi connectivity index (χ0v) is 13.1. The number of hydrogen-bond donors (Lipinski definition) is 1. The second-order valence-corrected chi connectivity index (χ2v) is 6.35. The van der Waals surface area contributed by atoms with E-state index in [4.69, 9.17) is 11.6 Å². The second kappa shape index (κ2) is 5.35. The molecule has 0 aliphatic carbocycles. The van der Waals surface area contributed by atoms with Crippen LogP contribution in [0.4, 0.5) is 10.2 Å². The molecule has 1 aliphatic rings. The average Bonchev–Trinajstić information content (AvgIpc) is 2.61. The lowest BCUT2D eigenvalue weighted by Crippen LogP contribution is -2.15. The summed E-state index contributed by atoms with van der Waals surface area (Å²) in [5, 5.41) is 6.93. The van der Waals surface area contributed by atoms with Gasteiger partial charge in [0.15, 0.2) is 0 Å². The van der Waals surface area contributed by atoms with Crippen LogP contribution in [0, 0.1) is 12.7 Å². The molecule has 0 saturated carbocycles. The van der Waals surface area contributed by atoms with Crippen LogP contribution < -0.4 is 5.32 Å². The Bertz CT molecular complexity index is 731. The molecule has 0 radical (unpaired) electrons. The Kier molecular flexibility index (Phi) is 3.67. The molecule has 110 valence electrons. The molecule has 0 bridgehead atoms. The van der Waals surface area contributed by atoms with Crippen molar-refractivity contribution in [3.63, 3.8) is 0 Å². The van der Waals surface area contributed by atoms with Gasteiger partial charge in [-0.15, -0.1) is 11.8 Å². The van der Waals surface area contributed by atoms with Crippen molar-refractivity contribution in [3.8, 4) is 0 Å². The van der Waals surface area contributed by atoms with E-state index in [1.165, 1.54) is 17.8 Å². The summed E-state index contributed by atoms with van der Waals surface area (Å²) in [5.41, 5.74) is 2.07. The number of thioether (sulfide) groups is 1. The molecule has 2 heterocycles. The van der Waals surface area contributed by atoms with Crippen molar-refractivity contribution in [2.24, 2.45) is 7.05 Å². The average molecular weight is 326 g/mol. The SMILES string of the molecule is Cc1nn(C)c2c1C(c1cccc(Cl)c1F)SCC(=O)N2. The van der Waals surface area contributed by atoms with Gasteiger partial charge < -0.3 is 5.32 Å². The maximum atomic E-state index is 14.4. The van der Waals surface area contributed by atoms with Crippen molar-refractivity contribution in [2.45, 2.75) is 12.2 Å². The monoisotopic (exact) mass is 325 g/mol. The van der Waals surface area contributed by atoms with Gasteiger partial charge in [-0.05, 0) is 13.0 Å². The lowest BCUT2D eigenvalue weighted by atomic mass is 10.0. The lowest BCUT2D eigenvalue weighted by molar-refractivity contribution is -0.113. The smallest absolute Gasteiger partial charge is 0.235 e. The number of benzene rings is 1. The Hall–Kier alpha value is -1.53. The summed E-state index contributed by atoms with van der Waals surface area (Å²) in [6.07, 6.45) is 0. The Morgan fingerprint density at radius 3 is 3.05 bits per heavy atom. The highest BCUT2D eigenvalue weighted by molar-refractivity contribution is 8.00. The first-order chi connectivity index (χ1) is 9.99. The summed E-state index contributed by atoms with van der Waals surface area (Å²) in [7, 11) is 1.76. The van der Waals surface area contributed by atoms with Crippen molar-refractivity contribution in [3.05, 3.63) is 45.9 Å². The summed E-state index contributed by atoms with van der Waals surface area (Å²) in [6, 6.07) is 4.93. The van der Waals surface area contributed by atoms with Crippen LogP contribution in [0.1, 0.15) is 22.1 Å². The fourth-order valence-electron chi connectivity index (χ4n) is 2.52. The van der Waals surface area contributed by atoms with Crippen molar-refractivity contribution < 1.29 is 9.18 Å². The van der Waals surface area contributed by atoms with Crippen molar-refractivity contribution in [1.29, 1.82) is 0 Å². The van der Waals surface area contributed by atoms with Crippen molar-refractivity contribution in [1.82, 2.24) is 9.78 Å². The second-order valence-electron chi connectivity index (χ2n) is 4.85. The van der Waals surface area contributed by atoms with Gasteiger partial charge in [-0.2, -0.15) is 5.10 Å². The van der Waals surface area contributed by atoms with E-state index >= 15 is 0 Å². The molecule has 7 heteroatoms. The number of anilines is 1. The third-order valence-electron chi connectivity index (χ3n) is 3.43. The Morgan fingerprint density at radius 1 is 1.52 bits per heavy atom. The molecule has 3 rings (SSSR count). The van der Waals surface area contributed by atoms with Gasteiger partial charge in [-0.3, -0.25) is 9.48 Å². The number of carbonyl (C=O) groups excluding carboxylic acids is 1. The molecule has 0 fully saturated rings. The molecule has 1 aromatic heterocycles. The summed E-state index contributed by atoms with van der Waals surface area (Å²) in [4.78, 5) is 11.8. The van der Waals surface area contributed by atoms with E-state index in [0.29, 0.717) is 11.4 Å². The van der Waals surface area contributed by atoms with Gasteiger partial charge in [0.2, 0.25) is 5.91 Å². The number of fused-ring (bicyclic) bond motifs is 1. The van der Waals surface area contributed by atoms with Gasteiger partial charge in [-0.1, -0.05) is 23.7 Å². The van der Waals surface area contributed by atoms with Crippen LogP contribution in [-0.4, -0.2) is 21.4 Å². The predicted octanol–water partition coefficient (Wildman–Crippen LogP) is 3.30. The molecule has 0 spiro atoms. The van der Waals surface area contributed by atoms with E-state index in [9.17, 15) is 9.18 Å². The number of halogens is 2. The zero-order chi connectivity index (χ0) is 15.1. The van der Waals surface area contributed by atoms with Crippen LogP contribution in [-0.2, 0) is 11.8 Å². The third kappa shape index (κ3) is 2.42. The number of carbonyl (C=O) groups is 1. The van der Waals surface area contributed by atoms with E-state index in [2.05, 4.69) is 10.4 Å². The molecule has 1 unspecified atom stereocenters. The fraction of sp³-hybridized carbons (Fsp3) is 0.286. The summed E-state index contributed by atoms with van der Waals surface area (Å²) in [5.74, 6) is 0.311. The minimum absolute atomic E-state index is 0.0831. The van der Waals surface area contributed by atoms with E-state index in [0.717, 1.165) is 11.3 Å².